The van der Waals surface area contributed by atoms with Crippen molar-refractivity contribution in [1.82, 2.24) is 0 Å². The van der Waals surface area contributed by atoms with Gasteiger partial charge in [-0.3, -0.25) is 0 Å². The highest BCUT2D eigenvalue weighted by Gasteiger charge is 2.25. The third kappa shape index (κ3) is 5.62. The molecule has 0 aliphatic carbocycles. The monoisotopic (exact) mass is 676 g/mol. The molecule has 1 heterocycles. The maximum absolute atomic E-state index is 2.42. The van der Waals surface area contributed by atoms with E-state index in [1.54, 1.807) is 0 Å². The summed E-state index contributed by atoms with van der Waals surface area (Å²) in [5.74, 6) is 0. The average Bonchev–Trinajstić information content (AvgIpc) is 3.23. The van der Waals surface area contributed by atoms with E-state index in [9.17, 15) is 0 Å². The number of anilines is 6. The number of para-hydroxylation sites is 2. The van der Waals surface area contributed by atoms with Gasteiger partial charge in [0.05, 0.1) is 5.69 Å². The zero-order chi connectivity index (χ0) is 35.1. The highest BCUT2D eigenvalue weighted by molar-refractivity contribution is 5.99. The van der Waals surface area contributed by atoms with Crippen LogP contribution in [0.2, 0.25) is 0 Å². The van der Waals surface area contributed by atoms with E-state index in [1.165, 1.54) is 77.7 Å². The van der Waals surface area contributed by atoms with Crippen molar-refractivity contribution >= 4 is 55.7 Å². The van der Waals surface area contributed by atoms with Crippen molar-refractivity contribution in [1.29, 1.82) is 0 Å². The Kier molecular flexibility index (Phi) is 7.58. The molecule has 9 aromatic rings. The third-order valence-corrected chi connectivity index (χ3v) is 10.6. The molecular weight excluding hydrogens is 641 g/mol. The second-order valence-electron chi connectivity index (χ2n) is 13.8. The summed E-state index contributed by atoms with van der Waals surface area (Å²) in [6.45, 7) is 0. The first-order valence-electron chi connectivity index (χ1n) is 18.3. The lowest BCUT2D eigenvalue weighted by molar-refractivity contribution is 1.09. The highest BCUT2D eigenvalue weighted by atomic mass is 15.2. The zero-order valence-corrected chi connectivity index (χ0v) is 29.2. The first-order chi connectivity index (χ1) is 26.3. The molecule has 9 aromatic carbocycles. The smallest absolute Gasteiger partial charge is 0.0540 e. The van der Waals surface area contributed by atoms with Crippen molar-refractivity contribution in [2.75, 3.05) is 9.80 Å². The molecule has 0 aromatic heterocycles. The SMILES string of the molecule is c1ccc(N2c3ccc(-c4ccc(N(c5ccccc5)c5cccc6ccccc56)cc4)cc3Cc3cc(-c4ccc5ccccc5c4)ccc32)cc1. The molecule has 0 unspecified atom stereocenters. The Balaban J connectivity index is 1.04. The fraction of sp³-hybridized carbons (Fsp3) is 0.0196. The lowest BCUT2D eigenvalue weighted by Gasteiger charge is -2.34. The summed E-state index contributed by atoms with van der Waals surface area (Å²) in [5.41, 5.74) is 14.6. The second kappa shape index (κ2) is 13.0. The Labute approximate surface area is 310 Å². The average molecular weight is 677 g/mol. The molecule has 0 spiro atoms. The Hall–Kier alpha value is -6.90. The van der Waals surface area contributed by atoms with Crippen LogP contribution in [-0.2, 0) is 6.42 Å². The number of benzene rings is 9. The predicted octanol–water partition coefficient (Wildman–Crippen LogP) is 14.2. The molecular formula is C51H36N2. The van der Waals surface area contributed by atoms with Gasteiger partial charge >= 0.3 is 0 Å². The maximum Gasteiger partial charge on any atom is 0.0540 e. The topological polar surface area (TPSA) is 6.48 Å². The summed E-state index contributed by atoms with van der Waals surface area (Å²) in [6.07, 6.45) is 0.865. The molecule has 10 rings (SSSR count). The van der Waals surface area contributed by atoms with Crippen molar-refractivity contribution in [3.8, 4) is 22.3 Å². The highest BCUT2D eigenvalue weighted by Crippen LogP contribution is 2.46. The number of rotatable bonds is 6. The van der Waals surface area contributed by atoms with Gasteiger partial charge in [-0.25, -0.2) is 0 Å². The molecule has 0 saturated heterocycles. The summed E-state index contributed by atoms with van der Waals surface area (Å²) in [5, 5.41) is 4.98. The Morgan fingerprint density at radius 3 is 1.62 bits per heavy atom. The number of hydrogen-bond acceptors (Lipinski definition) is 2. The maximum atomic E-state index is 2.42. The number of nitrogens with zero attached hydrogens (tertiary/aromatic N) is 2. The van der Waals surface area contributed by atoms with E-state index in [1.807, 2.05) is 0 Å². The van der Waals surface area contributed by atoms with Gasteiger partial charge < -0.3 is 9.80 Å². The van der Waals surface area contributed by atoms with Crippen molar-refractivity contribution in [3.05, 3.63) is 217 Å². The van der Waals surface area contributed by atoms with Gasteiger partial charge in [-0.2, -0.15) is 0 Å². The Bertz CT molecular complexity index is 2750. The van der Waals surface area contributed by atoms with Crippen LogP contribution in [0.25, 0.3) is 43.8 Å². The number of hydrogen-bond donors (Lipinski definition) is 0. The molecule has 2 nitrogen and oxygen atoms in total. The summed E-state index contributed by atoms with van der Waals surface area (Å²) in [7, 11) is 0. The molecule has 250 valence electrons. The van der Waals surface area contributed by atoms with Gasteiger partial charge in [0.25, 0.3) is 0 Å². The van der Waals surface area contributed by atoms with Crippen LogP contribution in [0.3, 0.4) is 0 Å². The first-order valence-corrected chi connectivity index (χ1v) is 18.3. The first kappa shape index (κ1) is 30.9. The van der Waals surface area contributed by atoms with Crippen LogP contribution in [0.15, 0.2) is 206 Å². The lowest BCUT2D eigenvalue weighted by Crippen LogP contribution is -2.18. The van der Waals surface area contributed by atoms with Gasteiger partial charge in [0.2, 0.25) is 0 Å². The standard InChI is InChI=1S/C51H36N2/c1-3-16-45(17-4-1)52(51-21-11-15-38-13-9-10-20-48(38)51)47-28-24-37(25-29-47)40-26-30-49-43(33-40)35-44-34-42(41-23-22-36-12-7-8-14-39(36)32-41)27-31-50(44)53(49)46-18-5-2-6-19-46/h1-34H,35H2. The molecule has 2 heteroatoms. The van der Waals surface area contributed by atoms with Crippen molar-refractivity contribution in [2.45, 2.75) is 6.42 Å². The van der Waals surface area contributed by atoms with Gasteiger partial charge in [0.1, 0.15) is 0 Å². The van der Waals surface area contributed by atoms with Gasteiger partial charge in [0.15, 0.2) is 0 Å². The molecule has 1 aliphatic heterocycles. The van der Waals surface area contributed by atoms with Crippen LogP contribution in [0.4, 0.5) is 34.1 Å². The van der Waals surface area contributed by atoms with Crippen LogP contribution in [-0.4, -0.2) is 0 Å². The minimum Gasteiger partial charge on any atom is -0.310 e. The van der Waals surface area contributed by atoms with E-state index >= 15 is 0 Å². The molecule has 0 atom stereocenters. The van der Waals surface area contributed by atoms with Crippen molar-refractivity contribution in [2.24, 2.45) is 0 Å². The largest absolute Gasteiger partial charge is 0.310 e. The van der Waals surface area contributed by atoms with Gasteiger partial charge in [-0.1, -0.05) is 133 Å². The van der Waals surface area contributed by atoms with Gasteiger partial charge in [0, 0.05) is 40.2 Å². The molecule has 0 N–H and O–H groups in total. The zero-order valence-electron chi connectivity index (χ0n) is 29.2. The lowest BCUT2D eigenvalue weighted by atomic mass is 9.90. The van der Waals surface area contributed by atoms with E-state index in [4.69, 9.17) is 0 Å². The van der Waals surface area contributed by atoms with Crippen LogP contribution in [0.1, 0.15) is 11.1 Å². The molecule has 0 bridgehead atoms. The summed E-state index contributed by atoms with van der Waals surface area (Å²) in [6, 6.07) is 74.9. The second-order valence-corrected chi connectivity index (χ2v) is 13.8. The van der Waals surface area contributed by atoms with Crippen molar-refractivity contribution in [3.63, 3.8) is 0 Å². The van der Waals surface area contributed by atoms with Crippen LogP contribution in [0, 0.1) is 0 Å². The Morgan fingerprint density at radius 1 is 0.358 bits per heavy atom. The molecule has 0 amide bonds. The fourth-order valence-corrected chi connectivity index (χ4v) is 8.02. The molecule has 0 fully saturated rings. The third-order valence-electron chi connectivity index (χ3n) is 10.6. The van der Waals surface area contributed by atoms with Crippen molar-refractivity contribution < 1.29 is 0 Å². The van der Waals surface area contributed by atoms with E-state index in [-0.39, 0.29) is 0 Å². The normalized spacial score (nSPS) is 12.0. The molecule has 53 heavy (non-hydrogen) atoms. The van der Waals surface area contributed by atoms with Crippen LogP contribution in [0.5, 0.6) is 0 Å². The summed E-state index contributed by atoms with van der Waals surface area (Å²) < 4.78 is 0. The summed E-state index contributed by atoms with van der Waals surface area (Å²) >= 11 is 0. The molecule has 0 radical (unpaired) electrons. The van der Waals surface area contributed by atoms with E-state index in [0.29, 0.717) is 0 Å². The predicted molar refractivity (Wildman–Crippen MR) is 224 cm³/mol. The van der Waals surface area contributed by atoms with E-state index in [0.717, 1.165) is 17.8 Å². The molecule has 1 aliphatic rings. The van der Waals surface area contributed by atoms with Gasteiger partial charge in [-0.05, 0) is 122 Å². The minimum atomic E-state index is 0.865. The van der Waals surface area contributed by atoms with E-state index in [2.05, 4.69) is 216 Å². The van der Waals surface area contributed by atoms with Crippen LogP contribution >= 0.6 is 0 Å². The summed E-state index contributed by atoms with van der Waals surface area (Å²) in [4.78, 5) is 4.79. The Morgan fingerprint density at radius 2 is 0.887 bits per heavy atom. The molecule has 0 saturated carbocycles. The van der Waals surface area contributed by atoms with Crippen LogP contribution < -0.4 is 9.80 Å². The van der Waals surface area contributed by atoms with Gasteiger partial charge in [-0.15, -0.1) is 0 Å². The minimum absolute atomic E-state index is 0.865. The number of fused-ring (bicyclic) bond motifs is 4. The van der Waals surface area contributed by atoms with E-state index < -0.39 is 0 Å². The fourth-order valence-electron chi connectivity index (χ4n) is 8.02. The quantitative estimate of drug-likeness (QED) is 0.173.